The molecule has 2 aromatic rings. The molecular weight excluding hydrogens is 192 g/mol. The van der Waals surface area contributed by atoms with Crippen LogP contribution in [0.4, 0.5) is 0 Å². The molecule has 0 nitrogen and oxygen atoms in total. The molecule has 0 aliphatic rings. The van der Waals surface area contributed by atoms with Crippen LogP contribution in [0, 0.1) is 6.92 Å². The van der Waals surface area contributed by atoms with Gasteiger partial charge in [0.2, 0.25) is 0 Å². The van der Waals surface area contributed by atoms with Crippen LogP contribution in [-0.4, -0.2) is 0 Å². The average Bonchev–Trinajstić information content (AvgIpc) is 2.31. The second-order valence-corrected chi connectivity index (χ2v) is 4.00. The van der Waals surface area contributed by atoms with Crippen molar-refractivity contribution in [2.24, 2.45) is 0 Å². The van der Waals surface area contributed by atoms with Crippen LogP contribution in [-0.2, 0) is 6.42 Å². The Balaban J connectivity index is 2.35. The number of allylic oxidation sites excluding steroid dienone is 1. The van der Waals surface area contributed by atoms with Crippen LogP contribution in [0.15, 0.2) is 61.2 Å². The van der Waals surface area contributed by atoms with Gasteiger partial charge >= 0.3 is 0 Å². The highest BCUT2D eigenvalue weighted by molar-refractivity contribution is 5.67. The van der Waals surface area contributed by atoms with E-state index in [0.717, 1.165) is 6.42 Å². The summed E-state index contributed by atoms with van der Waals surface area (Å²) in [6.07, 6.45) is 2.87. The third-order valence-electron chi connectivity index (χ3n) is 2.79. The van der Waals surface area contributed by atoms with E-state index in [4.69, 9.17) is 0 Å². The fraction of sp³-hybridized carbons (Fsp3) is 0.125. The molecule has 0 saturated carbocycles. The number of rotatable bonds is 3. The first-order valence-corrected chi connectivity index (χ1v) is 5.57. The molecule has 0 fully saturated rings. The fourth-order valence-corrected chi connectivity index (χ4v) is 1.88. The molecule has 0 N–H and O–H groups in total. The van der Waals surface area contributed by atoms with Gasteiger partial charge in [0.1, 0.15) is 0 Å². The molecule has 0 unspecified atom stereocenters. The highest BCUT2D eigenvalue weighted by atomic mass is 14.0. The summed E-state index contributed by atoms with van der Waals surface area (Å²) >= 11 is 0. The molecular formula is C16H16. The Morgan fingerprint density at radius 3 is 2.31 bits per heavy atom. The SMILES string of the molecule is C=CCc1ccc(-c2ccccc2C)cc1. The van der Waals surface area contributed by atoms with Crippen LogP contribution in [0.3, 0.4) is 0 Å². The van der Waals surface area contributed by atoms with Crippen molar-refractivity contribution < 1.29 is 0 Å². The molecule has 80 valence electrons. The molecule has 0 atom stereocenters. The normalized spacial score (nSPS) is 10.1. The maximum Gasteiger partial charge on any atom is -0.0100 e. The predicted molar refractivity (Wildman–Crippen MR) is 70.5 cm³/mol. The van der Waals surface area contributed by atoms with Crippen molar-refractivity contribution in [2.75, 3.05) is 0 Å². The highest BCUT2D eigenvalue weighted by Gasteiger charge is 2.00. The van der Waals surface area contributed by atoms with Crippen LogP contribution in [0.5, 0.6) is 0 Å². The molecule has 0 amide bonds. The summed E-state index contributed by atoms with van der Waals surface area (Å²) in [6.45, 7) is 5.90. The van der Waals surface area contributed by atoms with Crippen molar-refractivity contribution in [2.45, 2.75) is 13.3 Å². The van der Waals surface area contributed by atoms with Gasteiger partial charge in [-0.25, -0.2) is 0 Å². The van der Waals surface area contributed by atoms with E-state index >= 15 is 0 Å². The minimum absolute atomic E-state index is 0.939. The molecule has 0 heteroatoms. The lowest BCUT2D eigenvalue weighted by molar-refractivity contribution is 1.28. The molecule has 0 heterocycles. The fourth-order valence-electron chi connectivity index (χ4n) is 1.88. The summed E-state index contributed by atoms with van der Waals surface area (Å²) in [4.78, 5) is 0. The Bertz CT molecular complexity index is 478. The molecule has 0 aliphatic carbocycles. The lowest BCUT2D eigenvalue weighted by Gasteiger charge is -2.06. The van der Waals surface area contributed by atoms with Crippen molar-refractivity contribution in [1.29, 1.82) is 0 Å². The summed E-state index contributed by atoms with van der Waals surface area (Å²) in [5.41, 5.74) is 5.23. The van der Waals surface area contributed by atoms with Gasteiger partial charge < -0.3 is 0 Å². The summed E-state index contributed by atoms with van der Waals surface area (Å²) in [5, 5.41) is 0. The van der Waals surface area contributed by atoms with Gasteiger partial charge in [-0.15, -0.1) is 6.58 Å². The van der Waals surface area contributed by atoms with Gasteiger partial charge in [-0.1, -0.05) is 54.6 Å². The van der Waals surface area contributed by atoms with Crippen LogP contribution in [0.1, 0.15) is 11.1 Å². The van der Waals surface area contributed by atoms with Crippen molar-refractivity contribution in [1.82, 2.24) is 0 Å². The van der Waals surface area contributed by atoms with Crippen LogP contribution in [0.25, 0.3) is 11.1 Å². The number of aryl methyl sites for hydroxylation is 1. The summed E-state index contributed by atoms with van der Waals surface area (Å²) in [7, 11) is 0. The monoisotopic (exact) mass is 208 g/mol. The van der Waals surface area contributed by atoms with E-state index in [0.29, 0.717) is 0 Å². The Morgan fingerprint density at radius 1 is 1.00 bits per heavy atom. The number of hydrogen-bond acceptors (Lipinski definition) is 0. The van der Waals surface area contributed by atoms with Crippen LogP contribution < -0.4 is 0 Å². The topological polar surface area (TPSA) is 0 Å². The third kappa shape index (κ3) is 2.22. The van der Waals surface area contributed by atoms with Gasteiger partial charge in [-0.3, -0.25) is 0 Å². The van der Waals surface area contributed by atoms with Gasteiger partial charge in [-0.2, -0.15) is 0 Å². The zero-order valence-electron chi connectivity index (χ0n) is 9.61. The Kier molecular flexibility index (Phi) is 3.21. The zero-order valence-corrected chi connectivity index (χ0v) is 9.61. The van der Waals surface area contributed by atoms with Crippen LogP contribution >= 0.6 is 0 Å². The molecule has 16 heavy (non-hydrogen) atoms. The number of benzene rings is 2. The Morgan fingerprint density at radius 2 is 1.69 bits per heavy atom. The molecule has 0 saturated heterocycles. The molecule has 0 aliphatic heterocycles. The van der Waals surface area contributed by atoms with Crippen molar-refractivity contribution in [3.05, 3.63) is 72.3 Å². The van der Waals surface area contributed by atoms with Crippen molar-refractivity contribution in [3.8, 4) is 11.1 Å². The van der Waals surface area contributed by atoms with E-state index in [1.807, 2.05) is 6.08 Å². The van der Waals surface area contributed by atoms with Gasteiger partial charge in [-0.05, 0) is 35.6 Å². The van der Waals surface area contributed by atoms with E-state index in [9.17, 15) is 0 Å². The largest absolute Gasteiger partial charge is 0.103 e. The minimum Gasteiger partial charge on any atom is -0.103 e. The lowest BCUT2D eigenvalue weighted by Crippen LogP contribution is -1.84. The van der Waals surface area contributed by atoms with Gasteiger partial charge in [0.25, 0.3) is 0 Å². The first-order valence-electron chi connectivity index (χ1n) is 5.57. The summed E-state index contributed by atoms with van der Waals surface area (Å²) in [5.74, 6) is 0. The van der Waals surface area contributed by atoms with E-state index in [1.165, 1.54) is 22.3 Å². The Hall–Kier alpha value is -1.82. The quantitative estimate of drug-likeness (QED) is 0.656. The maximum absolute atomic E-state index is 3.75. The van der Waals surface area contributed by atoms with Gasteiger partial charge in [0.05, 0.1) is 0 Å². The molecule has 0 bridgehead atoms. The average molecular weight is 208 g/mol. The first kappa shape index (κ1) is 10.7. The molecule has 2 rings (SSSR count). The zero-order chi connectivity index (χ0) is 11.4. The summed E-state index contributed by atoms with van der Waals surface area (Å²) in [6, 6.07) is 17.2. The second kappa shape index (κ2) is 4.80. The van der Waals surface area contributed by atoms with Crippen molar-refractivity contribution >= 4 is 0 Å². The van der Waals surface area contributed by atoms with Gasteiger partial charge in [0.15, 0.2) is 0 Å². The minimum atomic E-state index is 0.939. The van der Waals surface area contributed by atoms with E-state index in [2.05, 4.69) is 62.0 Å². The standard InChI is InChI=1S/C16H16/c1-3-6-14-9-11-15(12-10-14)16-8-5-4-7-13(16)2/h3-5,7-12H,1,6H2,2H3. The van der Waals surface area contributed by atoms with Crippen LogP contribution in [0.2, 0.25) is 0 Å². The number of hydrogen-bond donors (Lipinski definition) is 0. The lowest BCUT2D eigenvalue weighted by atomic mass is 9.99. The molecule has 0 radical (unpaired) electrons. The Labute approximate surface area is 97.3 Å². The smallest absolute Gasteiger partial charge is 0.0100 e. The molecule has 0 aromatic heterocycles. The van der Waals surface area contributed by atoms with E-state index in [-0.39, 0.29) is 0 Å². The maximum atomic E-state index is 3.75. The predicted octanol–water partition coefficient (Wildman–Crippen LogP) is 4.39. The molecule has 0 spiro atoms. The third-order valence-corrected chi connectivity index (χ3v) is 2.79. The molecule has 2 aromatic carbocycles. The summed E-state index contributed by atoms with van der Waals surface area (Å²) < 4.78 is 0. The van der Waals surface area contributed by atoms with Gasteiger partial charge in [0, 0.05) is 0 Å². The van der Waals surface area contributed by atoms with E-state index in [1.54, 1.807) is 0 Å². The first-order chi connectivity index (χ1) is 7.81. The highest BCUT2D eigenvalue weighted by Crippen LogP contribution is 2.23. The van der Waals surface area contributed by atoms with Crippen molar-refractivity contribution in [3.63, 3.8) is 0 Å². The second-order valence-electron chi connectivity index (χ2n) is 4.00. The van der Waals surface area contributed by atoms with E-state index < -0.39 is 0 Å².